The highest BCUT2D eigenvalue weighted by molar-refractivity contribution is 6.05. The number of benzene rings is 1. The van der Waals surface area contributed by atoms with Crippen LogP contribution in [0, 0.1) is 0 Å². The molecule has 1 aromatic carbocycles. The maximum absolute atomic E-state index is 12.3. The van der Waals surface area contributed by atoms with Crippen LogP contribution in [0.2, 0.25) is 0 Å². The van der Waals surface area contributed by atoms with Crippen molar-refractivity contribution in [1.29, 1.82) is 0 Å². The average molecular weight is 267 g/mol. The third-order valence-electron chi connectivity index (χ3n) is 3.39. The van der Waals surface area contributed by atoms with E-state index in [9.17, 15) is 4.79 Å². The smallest absolute Gasteiger partial charge is 0.258 e. The van der Waals surface area contributed by atoms with Crippen molar-refractivity contribution in [2.45, 2.75) is 18.9 Å². The zero-order valence-electron chi connectivity index (χ0n) is 11.4. The molecule has 1 fully saturated rings. The Morgan fingerprint density at radius 1 is 1.20 bits per heavy atom. The van der Waals surface area contributed by atoms with Crippen LogP contribution in [0.4, 0.5) is 11.5 Å². The van der Waals surface area contributed by atoms with E-state index >= 15 is 0 Å². The van der Waals surface area contributed by atoms with Gasteiger partial charge in [-0.2, -0.15) is 0 Å². The molecule has 1 aromatic heterocycles. The Balaban J connectivity index is 1.72. The fourth-order valence-electron chi connectivity index (χ4n) is 2.00. The third kappa shape index (κ3) is 2.79. The van der Waals surface area contributed by atoms with Crippen LogP contribution in [0.25, 0.3) is 0 Å². The highest BCUT2D eigenvalue weighted by Gasteiger charge is 2.21. The van der Waals surface area contributed by atoms with E-state index in [2.05, 4.69) is 10.3 Å². The number of carbonyl (C=O) groups is 1. The second kappa shape index (κ2) is 5.33. The van der Waals surface area contributed by atoms with Crippen LogP contribution in [0.1, 0.15) is 23.2 Å². The molecular formula is C16H17N3O. The lowest BCUT2D eigenvalue weighted by Gasteiger charge is -2.17. The van der Waals surface area contributed by atoms with Gasteiger partial charge >= 0.3 is 0 Å². The van der Waals surface area contributed by atoms with Crippen LogP contribution in [0.5, 0.6) is 0 Å². The number of aromatic nitrogens is 1. The molecule has 1 aliphatic rings. The monoisotopic (exact) mass is 267 g/mol. The fraction of sp³-hybridized carbons (Fsp3) is 0.250. The molecule has 3 rings (SSSR count). The molecule has 1 heterocycles. The maximum atomic E-state index is 12.3. The average Bonchev–Trinajstić information content (AvgIpc) is 3.31. The first-order valence-corrected chi connectivity index (χ1v) is 6.80. The van der Waals surface area contributed by atoms with Gasteiger partial charge in [0.25, 0.3) is 5.91 Å². The number of rotatable bonds is 4. The Labute approximate surface area is 118 Å². The van der Waals surface area contributed by atoms with E-state index in [1.54, 1.807) is 18.1 Å². The Hall–Kier alpha value is -2.36. The molecule has 4 heteroatoms. The van der Waals surface area contributed by atoms with Crippen molar-refractivity contribution in [3.8, 4) is 0 Å². The van der Waals surface area contributed by atoms with Crippen molar-refractivity contribution < 1.29 is 4.79 Å². The highest BCUT2D eigenvalue weighted by atomic mass is 16.2. The molecule has 1 N–H and O–H groups in total. The van der Waals surface area contributed by atoms with E-state index in [0.717, 1.165) is 11.5 Å². The Morgan fingerprint density at radius 3 is 2.55 bits per heavy atom. The molecule has 4 nitrogen and oxygen atoms in total. The minimum atomic E-state index is -0.0321. The number of hydrogen-bond donors (Lipinski definition) is 1. The largest absolute Gasteiger partial charge is 0.367 e. The van der Waals surface area contributed by atoms with E-state index < -0.39 is 0 Å². The number of nitrogens with zero attached hydrogens (tertiary/aromatic N) is 2. The van der Waals surface area contributed by atoms with Crippen molar-refractivity contribution in [2.75, 3.05) is 17.3 Å². The lowest BCUT2D eigenvalue weighted by atomic mass is 10.2. The van der Waals surface area contributed by atoms with Crippen molar-refractivity contribution in [3.05, 3.63) is 54.2 Å². The van der Waals surface area contributed by atoms with Gasteiger partial charge in [-0.25, -0.2) is 4.98 Å². The molecule has 0 saturated heterocycles. The molecule has 1 amide bonds. The summed E-state index contributed by atoms with van der Waals surface area (Å²) in [7, 11) is 1.76. The lowest BCUT2D eigenvalue weighted by Crippen LogP contribution is -2.26. The van der Waals surface area contributed by atoms with E-state index in [-0.39, 0.29) is 5.91 Å². The molecule has 20 heavy (non-hydrogen) atoms. The predicted molar refractivity (Wildman–Crippen MR) is 80.1 cm³/mol. The summed E-state index contributed by atoms with van der Waals surface area (Å²) in [6.45, 7) is 0. The highest BCUT2D eigenvalue weighted by Crippen LogP contribution is 2.24. The SMILES string of the molecule is CN(C(=O)c1ccccc1)c1ccc(NC2CC2)nc1. The quantitative estimate of drug-likeness (QED) is 0.926. The van der Waals surface area contributed by atoms with E-state index in [4.69, 9.17) is 0 Å². The van der Waals surface area contributed by atoms with Gasteiger partial charge in [-0.1, -0.05) is 18.2 Å². The molecular weight excluding hydrogens is 250 g/mol. The first-order valence-electron chi connectivity index (χ1n) is 6.80. The fourth-order valence-corrected chi connectivity index (χ4v) is 2.00. The molecule has 0 unspecified atom stereocenters. The van der Waals surface area contributed by atoms with Crippen molar-refractivity contribution in [3.63, 3.8) is 0 Å². The summed E-state index contributed by atoms with van der Waals surface area (Å²) in [5.74, 6) is 0.840. The molecule has 102 valence electrons. The second-order valence-corrected chi connectivity index (χ2v) is 5.05. The molecule has 0 aliphatic heterocycles. The Morgan fingerprint density at radius 2 is 1.95 bits per heavy atom. The first-order chi connectivity index (χ1) is 9.74. The molecule has 0 bridgehead atoms. The van der Waals surface area contributed by atoms with Gasteiger partial charge in [-0.3, -0.25) is 4.79 Å². The van der Waals surface area contributed by atoms with Gasteiger partial charge in [0, 0.05) is 18.7 Å². The summed E-state index contributed by atoms with van der Waals surface area (Å²) in [5, 5.41) is 3.33. The lowest BCUT2D eigenvalue weighted by molar-refractivity contribution is 0.0993. The van der Waals surface area contributed by atoms with Gasteiger partial charge in [0.15, 0.2) is 0 Å². The molecule has 2 aromatic rings. The molecule has 1 saturated carbocycles. The standard InChI is InChI=1S/C16H17N3O/c1-19(16(20)12-5-3-2-4-6-12)14-9-10-15(17-11-14)18-13-7-8-13/h2-6,9-11,13H,7-8H2,1H3,(H,17,18). The van der Waals surface area contributed by atoms with E-state index in [1.165, 1.54) is 12.8 Å². The third-order valence-corrected chi connectivity index (χ3v) is 3.39. The normalized spacial score (nSPS) is 13.8. The van der Waals surface area contributed by atoms with Crippen LogP contribution >= 0.6 is 0 Å². The maximum Gasteiger partial charge on any atom is 0.258 e. The van der Waals surface area contributed by atoms with Crippen molar-refractivity contribution in [1.82, 2.24) is 4.98 Å². The molecule has 0 atom stereocenters. The number of anilines is 2. The summed E-state index contributed by atoms with van der Waals surface area (Å²) in [4.78, 5) is 18.3. The number of amides is 1. The van der Waals surface area contributed by atoms with Crippen LogP contribution in [-0.4, -0.2) is 24.0 Å². The van der Waals surface area contributed by atoms with Crippen molar-refractivity contribution in [2.24, 2.45) is 0 Å². The molecule has 0 spiro atoms. The van der Waals surface area contributed by atoms with Crippen LogP contribution in [0.3, 0.4) is 0 Å². The number of pyridine rings is 1. The van der Waals surface area contributed by atoms with Crippen molar-refractivity contribution >= 4 is 17.4 Å². The van der Waals surface area contributed by atoms with E-state index in [0.29, 0.717) is 11.6 Å². The summed E-state index contributed by atoms with van der Waals surface area (Å²) >= 11 is 0. The number of hydrogen-bond acceptors (Lipinski definition) is 3. The predicted octanol–water partition coefficient (Wildman–Crippen LogP) is 2.93. The summed E-state index contributed by atoms with van der Waals surface area (Å²) in [5.41, 5.74) is 1.47. The van der Waals surface area contributed by atoms with Crippen LogP contribution in [-0.2, 0) is 0 Å². The second-order valence-electron chi connectivity index (χ2n) is 5.05. The van der Waals surface area contributed by atoms with E-state index in [1.807, 2.05) is 42.5 Å². The van der Waals surface area contributed by atoms with Gasteiger partial charge in [-0.05, 0) is 37.1 Å². The zero-order chi connectivity index (χ0) is 13.9. The zero-order valence-corrected chi connectivity index (χ0v) is 11.4. The summed E-state index contributed by atoms with van der Waals surface area (Å²) in [6, 6.07) is 13.7. The number of nitrogens with one attached hydrogen (secondary N) is 1. The Bertz CT molecular complexity index is 591. The van der Waals surface area contributed by atoms with Gasteiger partial charge in [-0.15, -0.1) is 0 Å². The minimum Gasteiger partial charge on any atom is -0.367 e. The molecule has 1 aliphatic carbocycles. The van der Waals surface area contributed by atoms with Crippen LogP contribution < -0.4 is 10.2 Å². The summed E-state index contributed by atoms with van der Waals surface area (Å²) < 4.78 is 0. The Kier molecular flexibility index (Phi) is 3.37. The van der Waals surface area contributed by atoms with Gasteiger partial charge in [0.1, 0.15) is 5.82 Å². The summed E-state index contributed by atoms with van der Waals surface area (Å²) in [6.07, 6.45) is 4.16. The van der Waals surface area contributed by atoms with Gasteiger partial charge in [0.05, 0.1) is 11.9 Å². The minimum absolute atomic E-state index is 0.0321. The first kappa shape index (κ1) is 12.7. The number of carbonyl (C=O) groups excluding carboxylic acids is 1. The van der Waals surface area contributed by atoms with Gasteiger partial charge in [0.2, 0.25) is 0 Å². The van der Waals surface area contributed by atoms with Crippen LogP contribution in [0.15, 0.2) is 48.7 Å². The van der Waals surface area contributed by atoms with Gasteiger partial charge < -0.3 is 10.2 Å². The molecule has 0 radical (unpaired) electrons. The topological polar surface area (TPSA) is 45.2 Å².